The van der Waals surface area contributed by atoms with E-state index in [1.165, 1.54) is 0 Å². The molecule has 0 aliphatic heterocycles. The van der Waals surface area contributed by atoms with Crippen LogP contribution in [0.15, 0.2) is 12.1 Å². The van der Waals surface area contributed by atoms with Gasteiger partial charge in [-0.05, 0) is 44.6 Å². The number of hydrogen-bond acceptors (Lipinski definition) is 3. The molecular weight excluding hydrogens is 270 g/mol. The summed E-state index contributed by atoms with van der Waals surface area (Å²) in [4.78, 5) is 25.2. The van der Waals surface area contributed by atoms with Crippen LogP contribution in [0.1, 0.15) is 28.4 Å². The highest BCUT2D eigenvalue weighted by molar-refractivity contribution is 6.01. The number of urea groups is 1. The minimum Gasteiger partial charge on any atom is -0.478 e. The normalized spacial score (nSPS) is 10.5. The molecule has 1 aromatic rings. The van der Waals surface area contributed by atoms with E-state index in [4.69, 9.17) is 0 Å². The Morgan fingerprint density at radius 1 is 1.29 bits per heavy atom. The lowest BCUT2D eigenvalue weighted by Crippen LogP contribution is -2.36. The number of nitrogens with zero attached hydrogens (tertiary/aromatic N) is 1. The number of carboxylic acid groups (broad SMARTS) is 1. The SMILES string of the molecule is CCN(C)CCNC(=O)Nc1c(C)cc(C)cc1C(=O)O. The summed E-state index contributed by atoms with van der Waals surface area (Å²) in [5, 5.41) is 14.6. The van der Waals surface area contributed by atoms with Crippen molar-refractivity contribution in [3.8, 4) is 0 Å². The summed E-state index contributed by atoms with van der Waals surface area (Å²) in [6.07, 6.45) is 0. The van der Waals surface area contributed by atoms with Crippen LogP contribution in [-0.4, -0.2) is 48.7 Å². The number of rotatable bonds is 6. The summed E-state index contributed by atoms with van der Waals surface area (Å²) in [6.45, 7) is 7.79. The fourth-order valence-corrected chi connectivity index (χ4v) is 1.98. The second kappa shape index (κ2) is 7.64. The molecular formula is C15H23N3O3. The Labute approximate surface area is 125 Å². The first kappa shape index (κ1) is 17.0. The molecule has 0 aromatic heterocycles. The third kappa shape index (κ3) is 5.07. The standard InChI is InChI=1S/C15H23N3O3/c1-5-18(4)7-6-16-15(21)17-13-11(3)8-10(2)9-12(13)14(19)20/h8-9H,5-7H2,1-4H3,(H,19,20)(H2,16,17,21). The van der Waals surface area contributed by atoms with Crippen LogP contribution in [-0.2, 0) is 0 Å². The van der Waals surface area contributed by atoms with E-state index in [0.717, 1.165) is 24.2 Å². The molecule has 0 bridgehead atoms. The summed E-state index contributed by atoms with van der Waals surface area (Å²) < 4.78 is 0. The number of aromatic carboxylic acids is 1. The number of nitrogens with one attached hydrogen (secondary N) is 2. The average Bonchev–Trinajstić information content (AvgIpc) is 2.41. The Balaban J connectivity index is 2.74. The number of amides is 2. The van der Waals surface area contributed by atoms with Crippen molar-refractivity contribution in [1.82, 2.24) is 10.2 Å². The summed E-state index contributed by atoms with van der Waals surface area (Å²) in [7, 11) is 1.96. The second-order valence-corrected chi connectivity index (χ2v) is 5.09. The van der Waals surface area contributed by atoms with Crippen LogP contribution in [0.25, 0.3) is 0 Å². The van der Waals surface area contributed by atoms with Crippen LogP contribution in [0.3, 0.4) is 0 Å². The van der Waals surface area contributed by atoms with E-state index in [0.29, 0.717) is 12.2 Å². The fraction of sp³-hybridized carbons (Fsp3) is 0.467. The molecule has 6 nitrogen and oxygen atoms in total. The van der Waals surface area contributed by atoms with Crippen molar-refractivity contribution in [1.29, 1.82) is 0 Å². The largest absolute Gasteiger partial charge is 0.478 e. The third-order valence-electron chi connectivity index (χ3n) is 3.27. The van der Waals surface area contributed by atoms with E-state index in [9.17, 15) is 14.7 Å². The minimum absolute atomic E-state index is 0.105. The minimum atomic E-state index is -1.05. The van der Waals surface area contributed by atoms with Gasteiger partial charge >= 0.3 is 12.0 Å². The zero-order valence-corrected chi connectivity index (χ0v) is 13.0. The van der Waals surface area contributed by atoms with Crippen molar-refractivity contribution in [2.75, 3.05) is 32.0 Å². The second-order valence-electron chi connectivity index (χ2n) is 5.09. The molecule has 2 amide bonds. The summed E-state index contributed by atoms with van der Waals surface area (Å²) >= 11 is 0. The number of carbonyl (C=O) groups excluding carboxylic acids is 1. The maximum absolute atomic E-state index is 11.9. The van der Waals surface area contributed by atoms with Gasteiger partial charge < -0.3 is 20.6 Å². The van der Waals surface area contributed by atoms with Gasteiger partial charge in [-0.2, -0.15) is 0 Å². The maximum atomic E-state index is 11.9. The molecule has 1 aromatic carbocycles. The Hall–Kier alpha value is -2.08. The van der Waals surface area contributed by atoms with Gasteiger partial charge in [0.1, 0.15) is 0 Å². The molecule has 0 radical (unpaired) electrons. The zero-order valence-electron chi connectivity index (χ0n) is 13.0. The quantitative estimate of drug-likeness (QED) is 0.750. The first-order chi connectivity index (χ1) is 9.85. The van der Waals surface area contributed by atoms with E-state index in [2.05, 4.69) is 15.5 Å². The van der Waals surface area contributed by atoms with Crippen molar-refractivity contribution in [2.24, 2.45) is 0 Å². The Morgan fingerprint density at radius 2 is 1.95 bits per heavy atom. The van der Waals surface area contributed by atoms with E-state index in [1.807, 2.05) is 27.0 Å². The fourth-order valence-electron chi connectivity index (χ4n) is 1.98. The molecule has 0 heterocycles. The van der Waals surface area contributed by atoms with Gasteiger partial charge in [0, 0.05) is 13.1 Å². The van der Waals surface area contributed by atoms with Gasteiger partial charge in [0.15, 0.2) is 0 Å². The van der Waals surface area contributed by atoms with Crippen LogP contribution in [0.2, 0.25) is 0 Å². The number of carboxylic acids is 1. The Kier molecular flexibility index (Phi) is 6.17. The predicted molar refractivity (Wildman–Crippen MR) is 83.1 cm³/mol. The maximum Gasteiger partial charge on any atom is 0.337 e. The number of carbonyl (C=O) groups is 2. The smallest absolute Gasteiger partial charge is 0.337 e. The summed E-state index contributed by atoms with van der Waals surface area (Å²) in [6, 6.07) is 3.00. The zero-order chi connectivity index (χ0) is 16.0. The lowest BCUT2D eigenvalue weighted by atomic mass is 10.0. The molecule has 0 aliphatic carbocycles. The van der Waals surface area contributed by atoms with Crippen molar-refractivity contribution in [2.45, 2.75) is 20.8 Å². The molecule has 116 valence electrons. The Morgan fingerprint density at radius 3 is 2.52 bits per heavy atom. The molecule has 0 fully saturated rings. The van der Waals surface area contributed by atoms with Crippen molar-refractivity contribution in [3.05, 3.63) is 28.8 Å². The number of aryl methyl sites for hydroxylation is 2. The molecule has 6 heteroatoms. The predicted octanol–water partition coefficient (Wildman–Crippen LogP) is 2.07. The number of hydrogen-bond donors (Lipinski definition) is 3. The number of likely N-dealkylation sites (N-methyl/N-ethyl adjacent to an activating group) is 1. The van der Waals surface area contributed by atoms with E-state index in [1.54, 1.807) is 13.0 Å². The first-order valence-corrected chi connectivity index (χ1v) is 6.93. The monoisotopic (exact) mass is 293 g/mol. The molecule has 0 aliphatic rings. The average molecular weight is 293 g/mol. The van der Waals surface area contributed by atoms with Crippen molar-refractivity contribution < 1.29 is 14.7 Å². The highest BCUT2D eigenvalue weighted by Crippen LogP contribution is 2.22. The van der Waals surface area contributed by atoms with Crippen LogP contribution in [0.5, 0.6) is 0 Å². The van der Waals surface area contributed by atoms with E-state index in [-0.39, 0.29) is 5.56 Å². The van der Waals surface area contributed by atoms with Crippen LogP contribution < -0.4 is 10.6 Å². The van der Waals surface area contributed by atoms with Gasteiger partial charge in [0.2, 0.25) is 0 Å². The topological polar surface area (TPSA) is 81.7 Å². The molecule has 0 saturated carbocycles. The van der Waals surface area contributed by atoms with Crippen LogP contribution in [0.4, 0.5) is 10.5 Å². The molecule has 21 heavy (non-hydrogen) atoms. The van der Waals surface area contributed by atoms with Crippen LogP contribution in [0, 0.1) is 13.8 Å². The third-order valence-corrected chi connectivity index (χ3v) is 3.27. The van der Waals surface area contributed by atoms with Crippen molar-refractivity contribution in [3.63, 3.8) is 0 Å². The molecule has 0 unspecified atom stereocenters. The molecule has 3 N–H and O–H groups in total. The summed E-state index contributed by atoms with van der Waals surface area (Å²) in [5.41, 5.74) is 2.02. The van der Waals surface area contributed by atoms with Gasteiger partial charge in [-0.3, -0.25) is 0 Å². The highest BCUT2D eigenvalue weighted by Gasteiger charge is 2.15. The van der Waals surface area contributed by atoms with Crippen molar-refractivity contribution >= 4 is 17.7 Å². The highest BCUT2D eigenvalue weighted by atomic mass is 16.4. The molecule has 1 rings (SSSR count). The van der Waals surface area contributed by atoms with E-state index < -0.39 is 12.0 Å². The van der Waals surface area contributed by atoms with Gasteiger partial charge in [-0.15, -0.1) is 0 Å². The molecule has 0 spiro atoms. The first-order valence-electron chi connectivity index (χ1n) is 6.93. The molecule has 0 atom stereocenters. The van der Waals surface area contributed by atoms with Gasteiger partial charge in [0.25, 0.3) is 0 Å². The number of benzene rings is 1. The number of anilines is 1. The van der Waals surface area contributed by atoms with Gasteiger partial charge in [-0.1, -0.05) is 13.0 Å². The molecule has 0 saturated heterocycles. The summed E-state index contributed by atoms with van der Waals surface area (Å²) in [5.74, 6) is -1.05. The lowest BCUT2D eigenvalue weighted by Gasteiger charge is -2.16. The lowest BCUT2D eigenvalue weighted by molar-refractivity contribution is 0.0698. The Bertz CT molecular complexity index is 529. The van der Waals surface area contributed by atoms with E-state index >= 15 is 0 Å². The van der Waals surface area contributed by atoms with Gasteiger partial charge in [-0.25, -0.2) is 9.59 Å². The van der Waals surface area contributed by atoms with Gasteiger partial charge in [0.05, 0.1) is 11.3 Å². The van der Waals surface area contributed by atoms with Crippen LogP contribution >= 0.6 is 0 Å².